The van der Waals surface area contributed by atoms with Crippen LogP contribution in [-0.4, -0.2) is 29.1 Å². The van der Waals surface area contributed by atoms with E-state index in [-0.39, 0.29) is 11.7 Å². The standard InChI is InChI=1S/C18H18N2O3/c21-16-7-6-14(12-4-2-1-3-5-12)15(16)10-17-19-18(20-23-17)13-8-9-22-11-13/h1-5,13H,6-11H2/t13-/m1/s1. The van der Waals surface area contributed by atoms with Gasteiger partial charge in [0.15, 0.2) is 11.6 Å². The molecule has 2 aromatic rings. The zero-order valence-electron chi connectivity index (χ0n) is 12.8. The van der Waals surface area contributed by atoms with E-state index in [2.05, 4.69) is 10.1 Å². The number of aromatic nitrogens is 2. The number of ketones is 1. The van der Waals surface area contributed by atoms with Gasteiger partial charge < -0.3 is 9.26 Å². The van der Waals surface area contributed by atoms with Gasteiger partial charge in [0.05, 0.1) is 13.0 Å². The number of hydrogen-bond donors (Lipinski definition) is 0. The molecule has 1 aromatic carbocycles. The molecule has 0 amide bonds. The Labute approximate surface area is 134 Å². The van der Waals surface area contributed by atoms with Gasteiger partial charge in [-0.15, -0.1) is 0 Å². The fourth-order valence-electron chi connectivity index (χ4n) is 3.27. The highest BCUT2D eigenvalue weighted by atomic mass is 16.5. The van der Waals surface area contributed by atoms with Crippen LogP contribution in [0, 0.1) is 0 Å². The van der Waals surface area contributed by atoms with Crippen LogP contribution in [0.4, 0.5) is 0 Å². The molecule has 1 aliphatic heterocycles. The number of ether oxygens (including phenoxy) is 1. The highest BCUT2D eigenvalue weighted by Crippen LogP contribution is 2.33. The van der Waals surface area contributed by atoms with Crippen LogP contribution >= 0.6 is 0 Å². The Balaban J connectivity index is 1.60. The van der Waals surface area contributed by atoms with Crippen LogP contribution in [-0.2, 0) is 16.0 Å². The Morgan fingerprint density at radius 2 is 2.04 bits per heavy atom. The fourth-order valence-corrected chi connectivity index (χ4v) is 3.27. The quantitative estimate of drug-likeness (QED) is 0.868. The molecule has 1 fully saturated rings. The van der Waals surface area contributed by atoms with Crippen molar-refractivity contribution in [3.8, 4) is 0 Å². The third kappa shape index (κ3) is 2.84. The number of hydrogen-bond acceptors (Lipinski definition) is 5. The lowest BCUT2D eigenvalue weighted by molar-refractivity contribution is -0.115. The highest BCUT2D eigenvalue weighted by Gasteiger charge is 2.27. The topological polar surface area (TPSA) is 65.2 Å². The summed E-state index contributed by atoms with van der Waals surface area (Å²) in [5, 5.41) is 4.06. The predicted octanol–water partition coefficient (Wildman–Crippen LogP) is 2.93. The molecule has 0 N–H and O–H groups in total. The summed E-state index contributed by atoms with van der Waals surface area (Å²) in [6.45, 7) is 1.40. The Bertz CT molecular complexity index is 743. The van der Waals surface area contributed by atoms with Gasteiger partial charge in [0.2, 0.25) is 5.89 Å². The second-order valence-electron chi connectivity index (χ2n) is 6.03. The second kappa shape index (κ2) is 6.08. The average Bonchev–Trinajstić information content (AvgIpc) is 3.31. The van der Waals surface area contributed by atoms with Gasteiger partial charge in [-0.1, -0.05) is 35.5 Å². The normalized spacial score (nSPS) is 21.4. The maximum Gasteiger partial charge on any atom is 0.231 e. The molecule has 4 rings (SSSR count). The summed E-state index contributed by atoms with van der Waals surface area (Å²) < 4.78 is 10.7. The number of rotatable bonds is 4. The van der Waals surface area contributed by atoms with Crippen molar-refractivity contribution in [1.82, 2.24) is 10.1 Å². The van der Waals surface area contributed by atoms with Crippen LogP contribution in [0.2, 0.25) is 0 Å². The van der Waals surface area contributed by atoms with Crippen LogP contribution < -0.4 is 0 Å². The molecular weight excluding hydrogens is 292 g/mol. The van der Waals surface area contributed by atoms with E-state index in [1.165, 1.54) is 0 Å². The fraction of sp³-hybridized carbons (Fsp3) is 0.389. The maximum absolute atomic E-state index is 12.3. The lowest BCUT2D eigenvalue weighted by Crippen LogP contribution is -2.03. The monoisotopic (exact) mass is 310 g/mol. The number of nitrogens with zero attached hydrogens (tertiary/aromatic N) is 2. The molecule has 1 aromatic heterocycles. The number of carbonyl (C=O) groups is 1. The van der Waals surface area contributed by atoms with Crippen molar-refractivity contribution in [1.29, 1.82) is 0 Å². The Morgan fingerprint density at radius 1 is 1.17 bits per heavy atom. The van der Waals surface area contributed by atoms with Gasteiger partial charge in [0.25, 0.3) is 0 Å². The molecule has 2 heterocycles. The summed E-state index contributed by atoms with van der Waals surface area (Å²) in [4.78, 5) is 16.7. The Kier molecular flexibility index (Phi) is 3.79. The SMILES string of the molecule is O=C1CCC(c2ccccc2)=C1Cc1nc([C@@H]2CCOC2)no1. The summed E-state index contributed by atoms with van der Waals surface area (Å²) in [5.74, 6) is 1.62. The molecule has 0 radical (unpaired) electrons. The van der Waals surface area contributed by atoms with Gasteiger partial charge in [-0.05, 0) is 24.0 Å². The Morgan fingerprint density at radius 3 is 2.83 bits per heavy atom. The average molecular weight is 310 g/mol. The van der Waals surface area contributed by atoms with Crippen LogP contribution in [0.5, 0.6) is 0 Å². The zero-order chi connectivity index (χ0) is 15.6. The van der Waals surface area contributed by atoms with Crippen LogP contribution in [0.3, 0.4) is 0 Å². The molecule has 1 aliphatic carbocycles. The minimum Gasteiger partial charge on any atom is -0.381 e. The van der Waals surface area contributed by atoms with E-state index in [1.807, 2.05) is 30.3 Å². The van der Waals surface area contributed by atoms with E-state index >= 15 is 0 Å². The molecule has 1 saturated heterocycles. The molecule has 0 spiro atoms. The summed E-state index contributed by atoms with van der Waals surface area (Å²) in [6, 6.07) is 10.1. The van der Waals surface area contributed by atoms with Crippen molar-refractivity contribution >= 4 is 11.4 Å². The maximum atomic E-state index is 12.3. The first-order valence-electron chi connectivity index (χ1n) is 8.02. The van der Waals surface area contributed by atoms with Crippen molar-refractivity contribution in [3.05, 3.63) is 53.2 Å². The van der Waals surface area contributed by atoms with Gasteiger partial charge in [-0.2, -0.15) is 4.98 Å². The van der Waals surface area contributed by atoms with Gasteiger partial charge in [0, 0.05) is 24.5 Å². The van der Waals surface area contributed by atoms with E-state index in [0.29, 0.717) is 31.2 Å². The lowest BCUT2D eigenvalue weighted by atomic mass is 10.00. The van der Waals surface area contributed by atoms with Crippen LogP contribution in [0.25, 0.3) is 5.57 Å². The minimum atomic E-state index is 0.188. The summed E-state index contributed by atoms with van der Waals surface area (Å²) in [5.41, 5.74) is 3.03. The predicted molar refractivity (Wildman–Crippen MR) is 83.8 cm³/mol. The number of benzene rings is 1. The van der Waals surface area contributed by atoms with Crippen molar-refractivity contribution in [2.45, 2.75) is 31.6 Å². The first-order chi connectivity index (χ1) is 11.3. The van der Waals surface area contributed by atoms with E-state index in [9.17, 15) is 4.79 Å². The molecule has 118 valence electrons. The summed E-state index contributed by atoms with van der Waals surface area (Å²) >= 11 is 0. The number of carbonyl (C=O) groups excluding carboxylic acids is 1. The molecule has 5 nitrogen and oxygen atoms in total. The van der Waals surface area contributed by atoms with Crippen molar-refractivity contribution in [3.63, 3.8) is 0 Å². The minimum absolute atomic E-state index is 0.188. The highest BCUT2D eigenvalue weighted by molar-refractivity contribution is 6.07. The van der Waals surface area contributed by atoms with Crippen LogP contribution in [0.1, 0.15) is 42.5 Å². The molecular formula is C18H18N2O3. The Hall–Kier alpha value is -2.27. The molecule has 2 aliphatic rings. The molecule has 1 atom stereocenters. The third-order valence-corrected chi connectivity index (χ3v) is 4.53. The molecule has 23 heavy (non-hydrogen) atoms. The van der Waals surface area contributed by atoms with Crippen molar-refractivity contribution in [2.24, 2.45) is 0 Å². The van der Waals surface area contributed by atoms with Gasteiger partial charge in [0.1, 0.15) is 0 Å². The summed E-state index contributed by atoms with van der Waals surface area (Å²) in [6.07, 6.45) is 2.70. The number of Topliss-reactive ketones (excluding diaryl/α,β-unsaturated/α-hetero) is 1. The molecule has 5 heteroatoms. The molecule has 0 saturated carbocycles. The van der Waals surface area contributed by atoms with E-state index in [0.717, 1.165) is 36.2 Å². The van der Waals surface area contributed by atoms with E-state index < -0.39 is 0 Å². The van der Waals surface area contributed by atoms with Crippen LogP contribution in [0.15, 0.2) is 40.4 Å². The zero-order valence-corrected chi connectivity index (χ0v) is 12.8. The largest absolute Gasteiger partial charge is 0.381 e. The van der Waals surface area contributed by atoms with Gasteiger partial charge >= 0.3 is 0 Å². The lowest BCUT2D eigenvalue weighted by Gasteiger charge is -2.04. The van der Waals surface area contributed by atoms with Crippen molar-refractivity contribution < 1.29 is 14.1 Å². The number of allylic oxidation sites excluding steroid dienone is 2. The third-order valence-electron chi connectivity index (χ3n) is 4.53. The van der Waals surface area contributed by atoms with Gasteiger partial charge in [-0.25, -0.2) is 0 Å². The summed E-state index contributed by atoms with van der Waals surface area (Å²) in [7, 11) is 0. The van der Waals surface area contributed by atoms with E-state index in [1.54, 1.807) is 0 Å². The molecule has 0 bridgehead atoms. The van der Waals surface area contributed by atoms with Gasteiger partial charge in [-0.3, -0.25) is 4.79 Å². The first-order valence-corrected chi connectivity index (χ1v) is 8.02. The smallest absolute Gasteiger partial charge is 0.231 e. The van der Waals surface area contributed by atoms with E-state index in [4.69, 9.17) is 9.26 Å². The second-order valence-corrected chi connectivity index (χ2v) is 6.03. The molecule has 0 unspecified atom stereocenters. The first kappa shape index (κ1) is 14.3. The van der Waals surface area contributed by atoms with Crippen molar-refractivity contribution in [2.75, 3.05) is 13.2 Å².